The van der Waals surface area contributed by atoms with E-state index in [1.54, 1.807) is 11.3 Å². The summed E-state index contributed by atoms with van der Waals surface area (Å²) < 4.78 is 0. The van der Waals surface area contributed by atoms with E-state index in [0.717, 1.165) is 37.6 Å². The Morgan fingerprint density at radius 3 is 2.73 bits per heavy atom. The smallest absolute Gasteiger partial charge is 0.237 e. The van der Waals surface area contributed by atoms with E-state index in [4.69, 9.17) is 11.6 Å². The summed E-state index contributed by atoms with van der Waals surface area (Å²) in [6.07, 6.45) is 0.901. The number of aryl methyl sites for hydroxylation is 1. The highest BCUT2D eigenvalue weighted by Gasteiger charge is 2.26. The van der Waals surface area contributed by atoms with Gasteiger partial charge in [0.1, 0.15) is 0 Å². The van der Waals surface area contributed by atoms with E-state index in [1.807, 2.05) is 25.1 Å². The summed E-state index contributed by atoms with van der Waals surface area (Å²) in [6.45, 7) is 8.40. The number of carbonyl (C=O) groups is 1. The standard InChI is InChI=1S/C20H26ClN3OS/c1-15-5-6-17(21)14-19(15)24-11-9-23(10-12-24)16(2)20(25)22-8-7-18-4-3-13-26-18/h3-6,13-14,16H,7-12H2,1-2H3,(H,22,25). The highest BCUT2D eigenvalue weighted by atomic mass is 35.5. The Kier molecular flexibility index (Phi) is 6.57. The van der Waals surface area contributed by atoms with Crippen molar-refractivity contribution < 1.29 is 4.79 Å². The lowest BCUT2D eigenvalue weighted by Gasteiger charge is -2.39. The van der Waals surface area contributed by atoms with Crippen molar-refractivity contribution in [1.82, 2.24) is 10.2 Å². The van der Waals surface area contributed by atoms with Crippen LogP contribution >= 0.6 is 22.9 Å². The van der Waals surface area contributed by atoms with Gasteiger partial charge < -0.3 is 10.2 Å². The van der Waals surface area contributed by atoms with Crippen LogP contribution in [0, 0.1) is 6.92 Å². The first kappa shape index (κ1) is 19.2. The van der Waals surface area contributed by atoms with Crippen molar-refractivity contribution in [2.24, 2.45) is 0 Å². The molecule has 1 unspecified atom stereocenters. The number of nitrogens with zero attached hydrogens (tertiary/aromatic N) is 2. The molecule has 26 heavy (non-hydrogen) atoms. The van der Waals surface area contributed by atoms with Gasteiger partial charge in [-0.2, -0.15) is 0 Å². The SMILES string of the molecule is Cc1ccc(Cl)cc1N1CCN(C(C)C(=O)NCCc2cccs2)CC1. The number of halogens is 1. The number of benzene rings is 1. The molecule has 0 aliphatic carbocycles. The van der Waals surface area contributed by atoms with Crippen LogP contribution < -0.4 is 10.2 Å². The third-order valence-electron chi connectivity index (χ3n) is 5.00. The fraction of sp³-hybridized carbons (Fsp3) is 0.450. The summed E-state index contributed by atoms with van der Waals surface area (Å²) in [6, 6.07) is 10.1. The molecule has 1 fully saturated rings. The molecule has 1 aromatic carbocycles. The quantitative estimate of drug-likeness (QED) is 0.817. The van der Waals surface area contributed by atoms with Gasteiger partial charge in [0.15, 0.2) is 0 Å². The zero-order chi connectivity index (χ0) is 18.5. The van der Waals surface area contributed by atoms with Crippen molar-refractivity contribution in [3.05, 3.63) is 51.2 Å². The summed E-state index contributed by atoms with van der Waals surface area (Å²) in [5, 5.41) is 5.91. The lowest BCUT2D eigenvalue weighted by molar-refractivity contribution is -0.125. The second-order valence-corrected chi connectivity index (χ2v) is 8.22. The number of anilines is 1. The molecule has 6 heteroatoms. The van der Waals surface area contributed by atoms with Crippen LogP contribution in [-0.4, -0.2) is 49.6 Å². The van der Waals surface area contributed by atoms with Crippen molar-refractivity contribution >= 4 is 34.5 Å². The Hall–Kier alpha value is -1.56. The van der Waals surface area contributed by atoms with Crippen molar-refractivity contribution in [2.75, 3.05) is 37.6 Å². The van der Waals surface area contributed by atoms with E-state index < -0.39 is 0 Å². The van der Waals surface area contributed by atoms with E-state index in [1.165, 1.54) is 16.1 Å². The lowest BCUT2D eigenvalue weighted by Crippen LogP contribution is -2.54. The van der Waals surface area contributed by atoms with Crippen LogP contribution in [0.15, 0.2) is 35.7 Å². The van der Waals surface area contributed by atoms with Crippen LogP contribution in [0.25, 0.3) is 0 Å². The van der Waals surface area contributed by atoms with Gasteiger partial charge in [0, 0.05) is 48.3 Å². The average Bonchev–Trinajstić information content (AvgIpc) is 3.16. The molecule has 0 saturated carbocycles. The number of rotatable bonds is 6. The van der Waals surface area contributed by atoms with Crippen LogP contribution in [0.4, 0.5) is 5.69 Å². The van der Waals surface area contributed by atoms with Crippen LogP contribution in [0.2, 0.25) is 5.02 Å². The zero-order valence-electron chi connectivity index (χ0n) is 15.4. The predicted octanol–water partition coefficient (Wildman–Crippen LogP) is 3.58. The van der Waals surface area contributed by atoms with Crippen molar-refractivity contribution in [1.29, 1.82) is 0 Å². The molecule has 3 rings (SSSR count). The molecule has 0 radical (unpaired) electrons. The molecule has 1 aliphatic rings. The van der Waals surface area contributed by atoms with E-state index >= 15 is 0 Å². The monoisotopic (exact) mass is 391 g/mol. The normalized spacial score (nSPS) is 16.5. The Morgan fingerprint density at radius 1 is 1.27 bits per heavy atom. The largest absolute Gasteiger partial charge is 0.369 e. The highest BCUT2D eigenvalue weighted by molar-refractivity contribution is 7.09. The average molecular weight is 392 g/mol. The Labute approximate surface area is 164 Å². The molecule has 4 nitrogen and oxygen atoms in total. The molecule has 140 valence electrons. The lowest BCUT2D eigenvalue weighted by atomic mass is 10.1. The molecular weight excluding hydrogens is 366 g/mol. The summed E-state index contributed by atoms with van der Waals surface area (Å²) in [4.78, 5) is 18.4. The van der Waals surface area contributed by atoms with E-state index in [9.17, 15) is 4.79 Å². The third kappa shape index (κ3) is 4.78. The van der Waals surface area contributed by atoms with E-state index in [0.29, 0.717) is 6.54 Å². The summed E-state index contributed by atoms with van der Waals surface area (Å²) in [5.41, 5.74) is 2.44. The molecule has 2 heterocycles. The van der Waals surface area contributed by atoms with Crippen molar-refractivity contribution in [3.63, 3.8) is 0 Å². The molecule has 2 aromatic rings. The van der Waals surface area contributed by atoms with Crippen LogP contribution in [0.3, 0.4) is 0 Å². The molecule has 0 spiro atoms. The van der Waals surface area contributed by atoms with Gasteiger partial charge in [-0.1, -0.05) is 23.7 Å². The minimum atomic E-state index is -0.0963. The van der Waals surface area contributed by atoms with Gasteiger partial charge in [-0.3, -0.25) is 9.69 Å². The van der Waals surface area contributed by atoms with E-state index in [2.05, 4.69) is 39.6 Å². The fourth-order valence-electron chi connectivity index (χ4n) is 3.35. The number of hydrogen-bond acceptors (Lipinski definition) is 4. The molecule has 1 amide bonds. The Balaban J connectivity index is 1.47. The minimum absolute atomic E-state index is 0.0963. The van der Waals surface area contributed by atoms with E-state index in [-0.39, 0.29) is 11.9 Å². The van der Waals surface area contributed by atoms with Gasteiger partial charge >= 0.3 is 0 Å². The van der Waals surface area contributed by atoms with Gasteiger partial charge in [-0.05, 0) is 49.4 Å². The van der Waals surface area contributed by atoms with Crippen LogP contribution in [0.1, 0.15) is 17.4 Å². The maximum absolute atomic E-state index is 12.4. The van der Waals surface area contributed by atoms with Crippen molar-refractivity contribution in [2.45, 2.75) is 26.3 Å². The Bertz CT molecular complexity index is 727. The van der Waals surface area contributed by atoms with Crippen LogP contribution in [0.5, 0.6) is 0 Å². The first-order valence-corrected chi connectivity index (χ1v) is 10.4. The molecule has 1 saturated heterocycles. The zero-order valence-corrected chi connectivity index (χ0v) is 16.9. The molecule has 1 N–H and O–H groups in total. The molecular formula is C20H26ClN3OS. The molecule has 1 aromatic heterocycles. The topological polar surface area (TPSA) is 35.6 Å². The number of thiophene rings is 1. The maximum atomic E-state index is 12.4. The molecule has 1 aliphatic heterocycles. The number of piperazine rings is 1. The van der Waals surface area contributed by atoms with Crippen molar-refractivity contribution in [3.8, 4) is 0 Å². The maximum Gasteiger partial charge on any atom is 0.237 e. The second-order valence-electron chi connectivity index (χ2n) is 6.75. The predicted molar refractivity (Wildman–Crippen MR) is 110 cm³/mol. The van der Waals surface area contributed by atoms with Gasteiger partial charge in [-0.15, -0.1) is 11.3 Å². The number of nitrogens with one attached hydrogen (secondary N) is 1. The minimum Gasteiger partial charge on any atom is -0.369 e. The highest BCUT2D eigenvalue weighted by Crippen LogP contribution is 2.25. The third-order valence-corrected chi connectivity index (χ3v) is 6.18. The van der Waals surface area contributed by atoms with Gasteiger partial charge in [0.25, 0.3) is 0 Å². The molecule has 1 atom stereocenters. The molecule has 0 bridgehead atoms. The summed E-state index contributed by atoms with van der Waals surface area (Å²) in [5.74, 6) is 0.119. The van der Waals surface area contributed by atoms with Gasteiger partial charge in [0.2, 0.25) is 5.91 Å². The van der Waals surface area contributed by atoms with Gasteiger partial charge in [0.05, 0.1) is 6.04 Å². The van der Waals surface area contributed by atoms with Gasteiger partial charge in [-0.25, -0.2) is 0 Å². The number of carbonyl (C=O) groups excluding carboxylic acids is 1. The number of amides is 1. The summed E-state index contributed by atoms with van der Waals surface area (Å²) >= 11 is 7.89. The summed E-state index contributed by atoms with van der Waals surface area (Å²) in [7, 11) is 0. The number of hydrogen-bond donors (Lipinski definition) is 1. The first-order chi connectivity index (χ1) is 12.5. The van der Waals surface area contributed by atoms with Crippen LogP contribution in [-0.2, 0) is 11.2 Å². The first-order valence-electron chi connectivity index (χ1n) is 9.10. The second kappa shape index (κ2) is 8.89. The fourth-order valence-corrected chi connectivity index (χ4v) is 4.23. The Morgan fingerprint density at radius 2 is 2.04 bits per heavy atom.